The van der Waals surface area contributed by atoms with Crippen molar-refractivity contribution in [2.45, 2.75) is 13.8 Å². The average molecular weight is 423 g/mol. The van der Waals surface area contributed by atoms with Gasteiger partial charge in [0.25, 0.3) is 0 Å². The van der Waals surface area contributed by atoms with Crippen LogP contribution in [0.2, 0.25) is 0 Å². The summed E-state index contributed by atoms with van der Waals surface area (Å²) < 4.78 is 0. The van der Waals surface area contributed by atoms with Crippen LogP contribution in [0.3, 0.4) is 0 Å². The summed E-state index contributed by atoms with van der Waals surface area (Å²) >= 11 is 0. The van der Waals surface area contributed by atoms with E-state index in [1.54, 1.807) is 0 Å². The lowest BCUT2D eigenvalue weighted by Crippen LogP contribution is -2.22. The van der Waals surface area contributed by atoms with Gasteiger partial charge < -0.3 is 9.80 Å². The summed E-state index contributed by atoms with van der Waals surface area (Å²) in [5.41, 5.74) is 5.84. The SMILES string of the molecule is Cc1ccc(C(=O)CN2C=CC(=C3C=CN(CC(=O)c4ccc(C)cc4)C=C3)C=C2)cc1. The summed E-state index contributed by atoms with van der Waals surface area (Å²) in [6.45, 7) is 4.63. The zero-order chi connectivity index (χ0) is 22.5. The number of benzene rings is 2. The van der Waals surface area contributed by atoms with Crippen molar-refractivity contribution in [3.63, 3.8) is 0 Å². The predicted octanol–water partition coefficient (Wildman–Crippen LogP) is 5.35. The zero-order valence-electron chi connectivity index (χ0n) is 18.4. The number of Topliss-reactive ketones (excluding diaryl/α,β-unsaturated/α-hetero) is 2. The van der Waals surface area contributed by atoms with Crippen LogP contribution in [0.25, 0.3) is 0 Å². The van der Waals surface area contributed by atoms with E-state index in [4.69, 9.17) is 0 Å². The van der Waals surface area contributed by atoms with Crippen molar-refractivity contribution in [3.05, 3.63) is 131 Å². The van der Waals surface area contributed by atoms with E-state index in [0.29, 0.717) is 13.1 Å². The van der Waals surface area contributed by atoms with Gasteiger partial charge in [0, 0.05) is 35.9 Å². The third kappa shape index (κ3) is 5.22. The maximum Gasteiger partial charge on any atom is 0.182 e. The van der Waals surface area contributed by atoms with Gasteiger partial charge in [-0.25, -0.2) is 0 Å². The van der Waals surface area contributed by atoms with E-state index < -0.39 is 0 Å². The highest BCUT2D eigenvalue weighted by Crippen LogP contribution is 2.20. The number of nitrogens with zero attached hydrogens (tertiary/aromatic N) is 2. The van der Waals surface area contributed by atoms with Gasteiger partial charge in [0.2, 0.25) is 0 Å². The molecule has 32 heavy (non-hydrogen) atoms. The smallest absolute Gasteiger partial charge is 0.182 e. The lowest BCUT2D eigenvalue weighted by atomic mass is 10.0. The summed E-state index contributed by atoms with van der Waals surface area (Å²) in [6.07, 6.45) is 15.7. The van der Waals surface area contributed by atoms with Crippen LogP contribution in [0.4, 0.5) is 0 Å². The third-order valence-electron chi connectivity index (χ3n) is 5.52. The number of ketones is 2. The molecule has 0 fully saturated rings. The Morgan fingerprint density at radius 2 is 0.875 bits per heavy atom. The number of carbonyl (C=O) groups excluding carboxylic acids is 2. The molecule has 160 valence electrons. The number of hydrogen-bond donors (Lipinski definition) is 0. The quantitative estimate of drug-likeness (QED) is 0.588. The molecular weight excluding hydrogens is 396 g/mol. The Labute approximate surface area is 189 Å². The molecule has 0 unspecified atom stereocenters. The fourth-order valence-electron chi connectivity index (χ4n) is 3.50. The minimum atomic E-state index is 0.0850. The van der Waals surface area contributed by atoms with Crippen LogP contribution in [-0.2, 0) is 0 Å². The lowest BCUT2D eigenvalue weighted by Gasteiger charge is -2.21. The third-order valence-corrected chi connectivity index (χ3v) is 5.52. The van der Waals surface area contributed by atoms with Gasteiger partial charge in [0.15, 0.2) is 11.6 Å². The van der Waals surface area contributed by atoms with E-state index in [9.17, 15) is 9.59 Å². The minimum absolute atomic E-state index is 0.0850. The Kier molecular flexibility index (Phi) is 6.31. The number of rotatable bonds is 6. The fraction of sp³-hybridized carbons (Fsp3) is 0.143. The molecule has 0 radical (unpaired) electrons. The Balaban J connectivity index is 1.34. The molecular formula is C28H26N2O2. The average Bonchev–Trinajstić information content (AvgIpc) is 2.81. The maximum absolute atomic E-state index is 12.5. The van der Waals surface area contributed by atoms with Gasteiger partial charge in [0.05, 0.1) is 13.1 Å². The van der Waals surface area contributed by atoms with Crippen LogP contribution >= 0.6 is 0 Å². The Morgan fingerprint density at radius 3 is 1.19 bits per heavy atom. The number of aryl methyl sites for hydroxylation is 2. The van der Waals surface area contributed by atoms with Gasteiger partial charge >= 0.3 is 0 Å². The summed E-state index contributed by atoms with van der Waals surface area (Å²) in [4.78, 5) is 28.7. The van der Waals surface area contributed by atoms with E-state index in [-0.39, 0.29) is 11.6 Å². The molecule has 2 heterocycles. The van der Waals surface area contributed by atoms with Gasteiger partial charge in [-0.1, -0.05) is 59.7 Å². The van der Waals surface area contributed by atoms with Crippen molar-refractivity contribution < 1.29 is 9.59 Å². The first kappa shape index (κ1) is 21.3. The van der Waals surface area contributed by atoms with Gasteiger partial charge in [-0.2, -0.15) is 0 Å². The second-order valence-electron chi connectivity index (χ2n) is 8.10. The maximum atomic E-state index is 12.5. The van der Waals surface area contributed by atoms with Crippen LogP contribution in [-0.4, -0.2) is 34.5 Å². The molecule has 0 N–H and O–H groups in total. The first-order chi connectivity index (χ1) is 15.5. The van der Waals surface area contributed by atoms with Crippen molar-refractivity contribution in [3.8, 4) is 0 Å². The van der Waals surface area contributed by atoms with Crippen molar-refractivity contribution in [1.82, 2.24) is 9.80 Å². The van der Waals surface area contributed by atoms with E-state index >= 15 is 0 Å². The Morgan fingerprint density at radius 1 is 0.562 bits per heavy atom. The van der Waals surface area contributed by atoms with Gasteiger partial charge in [0.1, 0.15) is 0 Å². The van der Waals surface area contributed by atoms with Crippen LogP contribution in [0.15, 0.2) is 109 Å². The molecule has 4 rings (SSSR count). The highest BCUT2D eigenvalue weighted by atomic mass is 16.1. The van der Waals surface area contributed by atoms with E-state index in [0.717, 1.165) is 33.4 Å². The summed E-state index contributed by atoms with van der Waals surface area (Å²) in [7, 11) is 0. The number of hydrogen-bond acceptors (Lipinski definition) is 4. The van der Waals surface area contributed by atoms with Crippen LogP contribution in [0, 0.1) is 13.8 Å². The van der Waals surface area contributed by atoms with E-state index in [1.807, 2.05) is 121 Å². The number of carbonyl (C=O) groups is 2. The second-order valence-corrected chi connectivity index (χ2v) is 8.10. The summed E-state index contributed by atoms with van der Waals surface area (Å²) in [6, 6.07) is 15.3. The van der Waals surface area contributed by atoms with Crippen molar-refractivity contribution >= 4 is 11.6 Å². The molecule has 4 nitrogen and oxygen atoms in total. The lowest BCUT2D eigenvalue weighted by molar-refractivity contribution is 0.0961. The van der Waals surface area contributed by atoms with Crippen LogP contribution in [0.5, 0.6) is 0 Å². The monoisotopic (exact) mass is 422 g/mol. The molecule has 4 heteroatoms. The normalized spacial score (nSPS) is 14.9. The minimum Gasteiger partial charge on any atom is -0.347 e. The highest BCUT2D eigenvalue weighted by Gasteiger charge is 2.13. The van der Waals surface area contributed by atoms with E-state index in [2.05, 4.69) is 0 Å². The second kappa shape index (κ2) is 9.48. The fourth-order valence-corrected chi connectivity index (χ4v) is 3.50. The Hall–Kier alpha value is -3.92. The van der Waals surface area contributed by atoms with Gasteiger partial charge in [-0.3, -0.25) is 9.59 Å². The molecule has 2 aromatic carbocycles. The molecule has 2 aliphatic rings. The molecule has 0 bridgehead atoms. The van der Waals surface area contributed by atoms with Crippen LogP contribution in [0.1, 0.15) is 31.8 Å². The van der Waals surface area contributed by atoms with E-state index in [1.165, 1.54) is 0 Å². The summed E-state index contributed by atoms with van der Waals surface area (Å²) in [5, 5.41) is 0. The van der Waals surface area contributed by atoms with Gasteiger partial charge in [-0.05, 0) is 49.3 Å². The molecule has 0 saturated heterocycles. The molecule has 0 saturated carbocycles. The molecule has 0 atom stereocenters. The molecule has 2 aliphatic heterocycles. The van der Waals surface area contributed by atoms with Gasteiger partial charge in [-0.15, -0.1) is 0 Å². The Bertz CT molecular complexity index is 1040. The van der Waals surface area contributed by atoms with Crippen molar-refractivity contribution in [2.24, 2.45) is 0 Å². The van der Waals surface area contributed by atoms with Crippen LogP contribution < -0.4 is 0 Å². The molecule has 0 aromatic heterocycles. The predicted molar refractivity (Wildman–Crippen MR) is 128 cm³/mol. The molecule has 0 aliphatic carbocycles. The zero-order valence-corrected chi connectivity index (χ0v) is 18.4. The molecule has 2 aromatic rings. The first-order valence-electron chi connectivity index (χ1n) is 10.7. The number of allylic oxidation sites excluding steroid dienone is 6. The largest absolute Gasteiger partial charge is 0.347 e. The topological polar surface area (TPSA) is 40.6 Å². The standard InChI is InChI=1S/C28H26N2O2/c1-21-3-7-25(8-4-21)27(31)19-29-15-11-23(12-16-29)24-13-17-30(18-14-24)20-28(32)26-9-5-22(2)6-10-26/h3-18H,19-20H2,1-2H3. The first-order valence-corrected chi connectivity index (χ1v) is 10.7. The molecule has 0 spiro atoms. The van der Waals surface area contributed by atoms with Crippen molar-refractivity contribution in [2.75, 3.05) is 13.1 Å². The summed E-state index contributed by atoms with van der Waals surface area (Å²) in [5.74, 6) is 0.170. The molecule has 0 amide bonds. The highest BCUT2D eigenvalue weighted by molar-refractivity contribution is 5.98. The van der Waals surface area contributed by atoms with Crippen molar-refractivity contribution in [1.29, 1.82) is 0 Å².